The van der Waals surface area contributed by atoms with Crippen molar-refractivity contribution in [2.45, 2.75) is 0 Å². The van der Waals surface area contributed by atoms with Crippen LogP contribution in [0.25, 0.3) is 22.5 Å². The van der Waals surface area contributed by atoms with Crippen molar-refractivity contribution in [3.63, 3.8) is 0 Å². The van der Waals surface area contributed by atoms with Crippen molar-refractivity contribution in [2.75, 3.05) is 5.73 Å². The molecule has 0 aliphatic rings. The smallest absolute Gasteiger partial charge is 0.129 e. The van der Waals surface area contributed by atoms with Gasteiger partial charge in [0.15, 0.2) is 0 Å². The number of hydrogen-bond donors (Lipinski definition) is 1. The van der Waals surface area contributed by atoms with E-state index >= 15 is 0 Å². The van der Waals surface area contributed by atoms with Gasteiger partial charge >= 0.3 is 0 Å². The van der Waals surface area contributed by atoms with Crippen LogP contribution in [0.1, 0.15) is 0 Å². The highest BCUT2D eigenvalue weighted by Crippen LogP contribution is 2.35. The topological polar surface area (TPSA) is 61.7 Å². The molecule has 2 aromatic heterocycles. The third-order valence-corrected chi connectivity index (χ3v) is 3.19. The molecule has 21 heavy (non-hydrogen) atoms. The Bertz CT molecular complexity index is 799. The van der Waals surface area contributed by atoms with Crippen molar-refractivity contribution >= 4 is 5.82 Å². The molecule has 0 amide bonds. The molecule has 5 nitrogen and oxygen atoms in total. The summed E-state index contributed by atoms with van der Waals surface area (Å²) in [6, 6.07) is 3.27. The Morgan fingerprint density at radius 3 is 2.33 bits per heavy atom. The van der Waals surface area contributed by atoms with Gasteiger partial charge in [-0.25, -0.2) is 13.8 Å². The van der Waals surface area contributed by atoms with Crippen LogP contribution >= 0.6 is 0 Å². The highest BCUT2D eigenvalue weighted by Gasteiger charge is 2.20. The zero-order chi connectivity index (χ0) is 15.1. The second kappa shape index (κ2) is 4.69. The highest BCUT2D eigenvalue weighted by atomic mass is 19.1. The van der Waals surface area contributed by atoms with E-state index in [4.69, 9.17) is 5.73 Å². The van der Waals surface area contributed by atoms with Crippen LogP contribution in [-0.2, 0) is 14.1 Å². The van der Waals surface area contributed by atoms with E-state index in [1.54, 1.807) is 24.1 Å². The minimum absolute atomic E-state index is 0.320. The van der Waals surface area contributed by atoms with Gasteiger partial charge in [0, 0.05) is 26.4 Å². The van der Waals surface area contributed by atoms with Gasteiger partial charge in [0.1, 0.15) is 28.8 Å². The van der Waals surface area contributed by atoms with E-state index in [1.165, 1.54) is 16.8 Å². The Morgan fingerprint density at radius 1 is 1.10 bits per heavy atom. The molecule has 3 rings (SSSR count). The number of rotatable bonds is 2. The minimum Gasteiger partial charge on any atom is -0.383 e. The maximum absolute atomic E-state index is 13.5. The first-order valence-electron chi connectivity index (χ1n) is 6.23. The van der Waals surface area contributed by atoms with Crippen LogP contribution in [0.2, 0.25) is 0 Å². The molecule has 0 saturated heterocycles. The lowest BCUT2D eigenvalue weighted by Gasteiger charge is -2.04. The number of hydrogen-bond acceptors (Lipinski definition) is 3. The lowest BCUT2D eigenvalue weighted by atomic mass is 10.0. The quantitative estimate of drug-likeness (QED) is 0.787. The zero-order valence-electron chi connectivity index (χ0n) is 11.5. The van der Waals surface area contributed by atoms with E-state index in [9.17, 15) is 8.78 Å². The van der Waals surface area contributed by atoms with Crippen molar-refractivity contribution in [3.05, 3.63) is 42.4 Å². The molecule has 1 aromatic carbocycles. The van der Waals surface area contributed by atoms with Crippen LogP contribution in [0.15, 0.2) is 30.7 Å². The van der Waals surface area contributed by atoms with Gasteiger partial charge in [-0.2, -0.15) is 5.10 Å². The molecule has 0 atom stereocenters. The van der Waals surface area contributed by atoms with Crippen LogP contribution in [-0.4, -0.2) is 19.3 Å². The molecule has 0 aliphatic carbocycles. The molecule has 108 valence electrons. The number of aromatic nitrogens is 4. The van der Waals surface area contributed by atoms with Crippen LogP contribution in [0, 0.1) is 11.6 Å². The highest BCUT2D eigenvalue weighted by molar-refractivity contribution is 5.86. The maximum Gasteiger partial charge on any atom is 0.129 e. The number of benzene rings is 1. The second-order valence-electron chi connectivity index (χ2n) is 4.81. The first-order chi connectivity index (χ1) is 9.95. The third-order valence-electron chi connectivity index (χ3n) is 3.19. The normalized spacial score (nSPS) is 11.0. The number of nitrogen functional groups attached to an aromatic ring is 1. The summed E-state index contributed by atoms with van der Waals surface area (Å²) in [5.74, 6) is -1.01. The van der Waals surface area contributed by atoms with Crippen molar-refractivity contribution in [1.82, 2.24) is 19.3 Å². The number of nitrogens with zero attached hydrogens (tertiary/aromatic N) is 4. The molecule has 0 radical (unpaired) electrons. The summed E-state index contributed by atoms with van der Waals surface area (Å²) >= 11 is 0. The van der Waals surface area contributed by atoms with Gasteiger partial charge in [-0.3, -0.25) is 4.68 Å². The molecule has 0 aliphatic heterocycles. The van der Waals surface area contributed by atoms with Gasteiger partial charge in [0.25, 0.3) is 0 Å². The summed E-state index contributed by atoms with van der Waals surface area (Å²) < 4.78 is 30.1. The Morgan fingerprint density at radius 2 is 1.76 bits per heavy atom. The van der Waals surface area contributed by atoms with E-state index in [0.717, 1.165) is 6.07 Å². The first-order valence-corrected chi connectivity index (χ1v) is 6.23. The summed E-state index contributed by atoms with van der Waals surface area (Å²) in [4.78, 5) is 4.22. The summed E-state index contributed by atoms with van der Waals surface area (Å²) in [5.41, 5.74) is 7.87. The zero-order valence-corrected chi connectivity index (χ0v) is 11.5. The predicted molar refractivity (Wildman–Crippen MR) is 75.2 cm³/mol. The van der Waals surface area contributed by atoms with Crippen molar-refractivity contribution in [3.8, 4) is 22.5 Å². The van der Waals surface area contributed by atoms with Crippen LogP contribution in [0.4, 0.5) is 14.6 Å². The average molecular weight is 289 g/mol. The molecular weight excluding hydrogens is 276 g/mol. The molecular formula is C14H13F2N5. The van der Waals surface area contributed by atoms with E-state index < -0.39 is 11.6 Å². The summed E-state index contributed by atoms with van der Waals surface area (Å²) in [5, 5.41) is 4.30. The fraction of sp³-hybridized carbons (Fsp3) is 0.143. The molecule has 0 unspecified atom stereocenters. The van der Waals surface area contributed by atoms with E-state index in [0.29, 0.717) is 28.3 Å². The second-order valence-corrected chi connectivity index (χ2v) is 4.81. The fourth-order valence-electron chi connectivity index (χ4n) is 2.23. The van der Waals surface area contributed by atoms with E-state index in [-0.39, 0.29) is 0 Å². The lowest BCUT2D eigenvalue weighted by Crippen LogP contribution is -1.98. The van der Waals surface area contributed by atoms with Crippen molar-refractivity contribution in [1.29, 1.82) is 0 Å². The Kier molecular flexibility index (Phi) is 2.97. The Balaban J connectivity index is 2.26. The predicted octanol–water partition coefficient (Wildman–Crippen LogP) is 2.35. The molecule has 2 N–H and O–H groups in total. The lowest BCUT2D eigenvalue weighted by molar-refractivity contribution is 0.584. The molecule has 2 heterocycles. The fourth-order valence-corrected chi connectivity index (χ4v) is 2.23. The number of imidazole rings is 1. The van der Waals surface area contributed by atoms with Crippen molar-refractivity contribution < 1.29 is 8.78 Å². The van der Waals surface area contributed by atoms with E-state index in [1.807, 2.05) is 7.05 Å². The van der Waals surface area contributed by atoms with Crippen LogP contribution < -0.4 is 5.73 Å². The molecule has 0 spiro atoms. The minimum atomic E-state index is -0.666. The maximum atomic E-state index is 13.5. The molecule has 0 saturated carbocycles. The standard InChI is InChI=1S/C14H13F2N5/c1-20-6-11(18-7-20)13-12(14(17)21(2)19-13)8-3-9(15)5-10(16)4-8/h3-7H,17H2,1-2H3. The SMILES string of the molecule is Cn1cnc(-c2nn(C)c(N)c2-c2cc(F)cc(F)c2)c1. The van der Waals surface area contributed by atoms with Gasteiger partial charge in [-0.05, 0) is 17.7 Å². The molecule has 0 bridgehead atoms. The largest absolute Gasteiger partial charge is 0.383 e. The average Bonchev–Trinajstić information content (AvgIpc) is 2.94. The number of aryl methyl sites for hydroxylation is 2. The van der Waals surface area contributed by atoms with Gasteiger partial charge < -0.3 is 10.3 Å². The Labute approximate surface area is 119 Å². The molecule has 7 heteroatoms. The molecule has 0 fully saturated rings. The van der Waals surface area contributed by atoms with E-state index in [2.05, 4.69) is 10.1 Å². The summed E-state index contributed by atoms with van der Waals surface area (Å²) in [7, 11) is 3.49. The van der Waals surface area contributed by atoms with Crippen LogP contribution in [0.3, 0.4) is 0 Å². The third kappa shape index (κ3) is 2.26. The van der Waals surface area contributed by atoms with Crippen LogP contribution in [0.5, 0.6) is 0 Å². The summed E-state index contributed by atoms with van der Waals surface area (Å²) in [6.45, 7) is 0. The van der Waals surface area contributed by atoms with Gasteiger partial charge in [-0.15, -0.1) is 0 Å². The van der Waals surface area contributed by atoms with Gasteiger partial charge in [0.05, 0.1) is 11.9 Å². The van der Waals surface area contributed by atoms with Crippen molar-refractivity contribution in [2.24, 2.45) is 14.1 Å². The number of halogens is 2. The van der Waals surface area contributed by atoms with Gasteiger partial charge in [-0.1, -0.05) is 0 Å². The monoisotopic (exact) mass is 289 g/mol. The number of nitrogens with two attached hydrogens (primary N) is 1. The molecule has 3 aromatic rings. The Hall–Kier alpha value is -2.70. The summed E-state index contributed by atoms with van der Waals surface area (Å²) in [6.07, 6.45) is 3.39. The number of anilines is 1. The van der Waals surface area contributed by atoms with Gasteiger partial charge in [0.2, 0.25) is 0 Å². The first kappa shape index (κ1) is 13.3.